The van der Waals surface area contributed by atoms with Crippen LogP contribution in [0.1, 0.15) is 39.0 Å². The summed E-state index contributed by atoms with van der Waals surface area (Å²) in [5.41, 5.74) is 0.715. The summed E-state index contributed by atoms with van der Waals surface area (Å²) in [6.45, 7) is 2.16. The molecular weight excluding hydrogens is 294 g/mol. The first-order valence-corrected chi connectivity index (χ1v) is 7.10. The highest BCUT2D eigenvalue weighted by atomic mass is 79.9. The average Bonchev–Trinajstić information content (AvgIpc) is 2.35. The van der Waals surface area contributed by atoms with Crippen LogP contribution in [-0.2, 0) is 4.79 Å². The van der Waals surface area contributed by atoms with Gasteiger partial charge in [0.05, 0.1) is 12.8 Å². The summed E-state index contributed by atoms with van der Waals surface area (Å²) in [4.78, 5) is 11.8. The third-order valence-electron chi connectivity index (χ3n) is 2.69. The molecule has 100 valence electrons. The molecule has 0 aliphatic carbocycles. The molecule has 0 aromatic heterocycles. The second kappa shape index (κ2) is 8.14. The van der Waals surface area contributed by atoms with E-state index in [1.54, 1.807) is 7.11 Å². The van der Waals surface area contributed by atoms with Crippen molar-refractivity contribution in [2.45, 2.75) is 39.0 Å². The van der Waals surface area contributed by atoms with Gasteiger partial charge in [-0.05, 0) is 24.6 Å². The van der Waals surface area contributed by atoms with Crippen molar-refractivity contribution in [2.75, 3.05) is 12.4 Å². The van der Waals surface area contributed by atoms with Crippen LogP contribution in [0, 0.1) is 0 Å². The number of carbonyl (C=O) groups is 1. The summed E-state index contributed by atoms with van der Waals surface area (Å²) in [6.07, 6.45) is 4.99. The fraction of sp³-hybridized carbons (Fsp3) is 0.500. The molecule has 3 nitrogen and oxygen atoms in total. The van der Waals surface area contributed by atoms with Gasteiger partial charge in [0.15, 0.2) is 0 Å². The number of hydrogen-bond acceptors (Lipinski definition) is 2. The Morgan fingerprint density at radius 3 is 2.78 bits per heavy atom. The van der Waals surface area contributed by atoms with E-state index in [0.717, 1.165) is 17.3 Å². The monoisotopic (exact) mass is 313 g/mol. The van der Waals surface area contributed by atoms with Crippen LogP contribution in [-0.4, -0.2) is 13.0 Å². The molecule has 18 heavy (non-hydrogen) atoms. The number of amides is 1. The van der Waals surface area contributed by atoms with Gasteiger partial charge in [0, 0.05) is 10.9 Å². The van der Waals surface area contributed by atoms with E-state index in [4.69, 9.17) is 4.74 Å². The van der Waals surface area contributed by atoms with Crippen LogP contribution in [0.3, 0.4) is 0 Å². The van der Waals surface area contributed by atoms with Crippen LogP contribution >= 0.6 is 15.9 Å². The highest BCUT2D eigenvalue weighted by Gasteiger charge is 2.07. The van der Waals surface area contributed by atoms with E-state index in [1.165, 1.54) is 12.8 Å². The Morgan fingerprint density at radius 2 is 2.11 bits per heavy atom. The van der Waals surface area contributed by atoms with Gasteiger partial charge in [-0.1, -0.05) is 42.1 Å². The van der Waals surface area contributed by atoms with E-state index in [-0.39, 0.29) is 5.91 Å². The predicted octanol–water partition coefficient (Wildman–Crippen LogP) is 4.37. The Hall–Kier alpha value is -1.03. The lowest BCUT2D eigenvalue weighted by Crippen LogP contribution is -2.11. The fourth-order valence-corrected chi connectivity index (χ4v) is 2.06. The largest absolute Gasteiger partial charge is 0.495 e. The molecule has 0 fully saturated rings. The molecule has 0 bridgehead atoms. The van der Waals surface area contributed by atoms with Crippen molar-refractivity contribution < 1.29 is 9.53 Å². The molecule has 0 aliphatic rings. The maximum atomic E-state index is 11.8. The number of halogens is 1. The minimum atomic E-state index is 0.0440. The summed E-state index contributed by atoms with van der Waals surface area (Å²) in [5, 5.41) is 2.89. The second-order valence-corrected chi connectivity index (χ2v) is 5.12. The van der Waals surface area contributed by atoms with Crippen molar-refractivity contribution in [3.63, 3.8) is 0 Å². The van der Waals surface area contributed by atoms with E-state index in [1.807, 2.05) is 18.2 Å². The standard InChI is InChI=1S/C14H20BrNO2/c1-3-4-5-6-7-14(17)16-12-10-11(15)8-9-13(12)18-2/h8-10H,3-7H2,1-2H3,(H,16,17). The number of carbonyl (C=O) groups excluding carboxylic acids is 1. The van der Waals surface area contributed by atoms with E-state index in [9.17, 15) is 4.79 Å². The first-order chi connectivity index (χ1) is 8.67. The Bertz CT molecular complexity index is 393. The molecule has 0 atom stereocenters. The van der Waals surface area contributed by atoms with Gasteiger partial charge in [-0.2, -0.15) is 0 Å². The van der Waals surface area contributed by atoms with E-state index < -0.39 is 0 Å². The molecule has 1 rings (SSSR count). The van der Waals surface area contributed by atoms with Crippen molar-refractivity contribution in [2.24, 2.45) is 0 Å². The molecule has 0 saturated heterocycles. The lowest BCUT2D eigenvalue weighted by atomic mass is 10.1. The van der Waals surface area contributed by atoms with Crippen LogP contribution < -0.4 is 10.1 Å². The van der Waals surface area contributed by atoms with E-state index >= 15 is 0 Å². The van der Waals surface area contributed by atoms with Crippen molar-refractivity contribution in [1.29, 1.82) is 0 Å². The number of ether oxygens (including phenoxy) is 1. The molecule has 0 radical (unpaired) electrons. The third-order valence-corrected chi connectivity index (χ3v) is 3.19. The smallest absolute Gasteiger partial charge is 0.224 e. The van der Waals surface area contributed by atoms with Gasteiger partial charge in [-0.15, -0.1) is 0 Å². The molecule has 1 amide bonds. The number of nitrogens with one attached hydrogen (secondary N) is 1. The van der Waals surface area contributed by atoms with Gasteiger partial charge in [0.2, 0.25) is 5.91 Å². The van der Waals surface area contributed by atoms with Crippen LogP contribution in [0.25, 0.3) is 0 Å². The molecule has 4 heteroatoms. The Kier molecular flexibility index (Phi) is 6.80. The first-order valence-electron chi connectivity index (χ1n) is 6.30. The zero-order valence-corrected chi connectivity index (χ0v) is 12.5. The SMILES string of the molecule is CCCCCCC(=O)Nc1cc(Br)ccc1OC. The first kappa shape index (κ1) is 15.0. The van der Waals surface area contributed by atoms with E-state index in [0.29, 0.717) is 17.9 Å². The Labute approximate surface area is 117 Å². The van der Waals surface area contributed by atoms with E-state index in [2.05, 4.69) is 28.2 Å². The van der Waals surface area contributed by atoms with Gasteiger partial charge in [0.25, 0.3) is 0 Å². The molecule has 1 N–H and O–H groups in total. The zero-order chi connectivity index (χ0) is 13.4. The number of unbranched alkanes of at least 4 members (excludes halogenated alkanes) is 3. The Balaban J connectivity index is 2.50. The van der Waals surface area contributed by atoms with Gasteiger partial charge in [0.1, 0.15) is 5.75 Å². The summed E-state index contributed by atoms with van der Waals surface area (Å²) < 4.78 is 6.13. The normalized spacial score (nSPS) is 10.2. The highest BCUT2D eigenvalue weighted by Crippen LogP contribution is 2.28. The van der Waals surface area contributed by atoms with Crippen LogP contribution in [0.2, 0.25) is 0 Å². The van der Waals surface area contributed by atoms with Gasteiger partial charge < -0.3 is 10.1 Å². The molecule has 0 aliphatic heterocycles. The lowest BCUT2D eigenvalue weighted by molar-refractivity contribution is -0.116. The highest BCUT2D eigenvalue weighted by molar-refractivity contribution is 9.10. The molecule has 0 heterocycles. The zero-order valence-electron chi connectivity index (χ0n) is 11.0. The fourth-order valence-electron chi connectivity index (χ4n) is 1.70. The van der Waals surface area contributed by atoms with Crippen LogP contribution in [0.15, 0.2) is 22.7 Å². The quantitative estimate of drug-likeness (QED) is 0.759. The summed E-state index contributed by atoms with van der Waals surface area (Å²) in [7, 11) is 1.60. The van der Waals surface area contributed by atoms with Crippen molar-refractivity contribution in [3.8, 4) is 5.75 Å². The predicted molar refractivity (Wildman–Crippen MR) is 78.1 cm³/mol. The van der Waals surface area contributed by atoms with Crippen molar-refractivity contribution in [3.05, 3.63) is 22.7 Å². The maximum absolute atomic E-state index is 11.8. The maximum Gasteiger partial charge on any atom is 0.224 e. The third kappa shape index (κ3) is 5.08. The van der Waals surface area contributed by atoms with Gasteiger partial charge in [-0.3, -0.25) is 4.79 Å². The molecule has 0 spiro atoms. The van der Waals surface area contributed by atoms with Gasteiger partial charge >= 0.3 is 0 Å². The van der Waals surface area contributed by atoms with Gasteiger partial charge in [-0.25, -0.2) is 0 Å². The number of hydrogen-bond donors (Lipinski definition) is 1. The van der Waals surface area contributed by atoms with Crippen LogP contribution in [0.5, 0.6) is 5.75 Å². The molecule has 1 aromatic rings. The Morgan fingerprint density at radius 1 is 1.33 bits per heavy atom. The summed E-state index contributed by atoms with van der Waals surface area (Å²) >= 11 is 3.38. The number of rotatable bonds is 7. The minimum Gasteiger partial charge on any atom is -0.495 e. The minimum absolute atomic E-state index is 0.0440. The molecule has 0 saturated carbocycles. The number of benzene rings is 1. The lowest BCUT2D eigenvalue weighted by Gasteiger charge is -2.10. The number of anilines is 1. The van der Waals surface area contributed by atoms with Crippen molar-refractivity contribution >= 4 is 27.5 Å². The molecule has 1 aromatic carbocycles. The molecule has 0 unspecified atom stereocenters. The van der Waals surface area contributed by atoms with Crippen molar-refractivity contribution in [1.82, 2.24) is 0 Å². The summed E-state index contributed by atoms with van der Waals surface area (Å²) in [6, 6.07) is 5.56. The molecular formula is C14H20BrNO2. The number of methoxy groups -OCH3 is 1. The summed E-state index contributed by atoms with van der Waals surface area (Å²) in [5.74, 6) is 0.725. The van der Waals surface area contributed by atoms with Crippen LogP contribution in [0.4, 0.5) is 5.69 Å². The average molecular weight is 314 g/mol. The second-order valence-electron chi connectivity index (χ2n) is 4.20. The topological polar surface area (TPSA) is 38.3 Å².